The van der Waals surface area contributed by atoms with Gasteiger partial charge < -0.3 is 15.8 Å². The van der Waals surface area contributed by atoms with Crippen molar-refractivity contribution in [1.82, 2.24) is 5.32 Å². The number of ether oxygens (including phenoxy) is 1. The second-order valence-corrected chi connectivity index (χ2v) is 3.26. The molecule has 1 aromatic rings. The van der Waals surface area contributed by atoms with E-state index in [9.17, 15) is 4.79 Å². The van der Waals surface area contributed by atoms with Gasteiger partial charge in [0.15, 0.2) is 6.61 Å². The molecule has 0 unspecified atom stereocenters. The summed E-state index contributed by atoms with van der Waals surface area (Å²) in [6, 6.07) is 7.07. The van der Waals surface area contributed by atoms with Crippen molar-refractivity contribution in [1.29, 1.82) is 0 Å². The van der Waals surface area contributed by atoms with Crippen molar-refractivity contribution in [3.05, 3.63) is 29.8 Å². The van der Waals surface area contributed by atoms with E-state index in [2.05, 4.69) is 5.32 Å². The summed E-state index contributed by atoms with van der Waals surface area (Å²) in [5.41, 5.74) is 6.14. The molecule has 0 heterocycles. The van der Waals surface area contributed by atoms with E-state index >= 15 is 0 Å². The minimum Gasteiger partial charge on any atom is -0.483 e. The Kier molecular flexibility index (Phi) is 4.05. The number of para-hydroxylation sites is 1. The fraction of sp³-hybridized carbons (Fsp3) is 0.200. The highest BCUT2D eigenvalue weighted by Crippen LogP contribution is 2.17. The first-order chi connectivity index (χ1) is 7.15. The standard InChI is InChI=1S/C10H12N2O2S/c1-12-9(13)6-14-8-5-3-2-4-7(8)10(11)15/h2-5H,6H2,1H3,(H2,11,15)(H,12,13). The molecule has 15 heavy (non-hydrogen) atoms. The van der Waals surface area contributed by atoms with Gasteiger partial charge >= 0.3 is 0 Å². The SMILES string of the molecule is CNC(=O)COc1ccccc1C(N)=S. The molecule has 1 aromatic carbocycles. The molecule has 0 saturated heterocycles. The molecule has 5 heteroatoms. The van der Waals surface area contributed by atoms with E-state index in [1.807, 2.05) is 0 Å². The summed E-state index contributed by atoms with van der Waals surface area (Å²) in [5.74, 6) is 0.321. The molecule has 80 valence electrons. The molecule has 0 bridgehead atoms. The van der Waals surface area contributed by atoms with E-state index in [-0.39, 0.29) is 17.5 Å². The Labute approximate surface area is 93.4 Å². The van der Waals surface area contributed by atoms with E-state index in [4.69, 9.17) is 22.7 Å². The lowest BCUT2D eigenvalue weighted by Crippen LogP contribution is -2.25. The summed E-state index contributed by atoms with van der Waals surface area (Å²) in [4.78, 5) is 11.2. The number of carbonyl (C=O) groups is 1. The van der Waals surface area contributed by atoms with Crippen LogP contribution in [0.2, 0.25) is 0 Å². The maximum absolute atomic E-state index is 11.0. The first-order valence-electron chi connectivity index (χ1n) is 4.37. The number of thiocarbonyl (C=S) groups is 1. The number of likely N-dealkylation sites (N-methyl/N-ethyl adjacent to an activating group) is 1. The molecule has 0 radical (unpaired) electrons. The van der Waals surface area contributed by atoms with Crippen molar-refractivity contribution in [2.24, 2.45) is 5.73 Å². The molecule has 1 amide bonds. The van der Waals surface area contributed by atoms with E-state index in [1.165, 1.54) is 0 Å². The average molecular weight is 224 g/mol. The molecule has 4 nitrogen and oxygen atoms in total. The molecular weight excluding hydrogens is 212 g/mol. The van der Waals surface area contributed by atoms with Crippen molar-refractivity contribution in [2.45, 2.75) is 0 Å². The van der Waals surface area contributed by atoms with Crippen molar-refractivity contribution in [3.63, 3.8) is 0 Å². The molecule has 0 spiro atoms. The van der Waals surface area contributed by atoms with Crippen molar-refractivity contribution in [3.8, 4) is 5.75 Å². The molecule has 1 rings (SSSR count). The molecular formula is C10H12N2O2S. The van der Waals surface area contributed by atoms with E-state index < -0.39 is 0 Å². The van der Waals surface area contributed by atoms with Crippen molar-refractivity contribution >= 4 is 23.1 Å². The Morgan fingerprint density at radius 1 is 1.53 bits per heavy atom. The predicted octanol–water partition coefficient (Wildman–Crippen LogP) is 0.446. The molecule has 0 atom stereocenters. The van der Waals surface area contributed by atoms with Crippen LogP contribution in [0.5, 0.6) is 5.75 Å². The van der Waals surface area contributed by atoms with E-state index in [1.54, 1.807) is 31.3 Å². The van der Waals surface area contributed by atoms with Gasteiger partial charge in [-0.25, -0.2) is 0 Å². The average Bonchev–Trinajstić information content (AvgIpc) is 2.26. The van der Waals surface area contributed by atoms with Crippen LogP contribution in [0.15, 0.2) is 24.3 Å². The Hall–Kier alpha value is -1.62. The predicted molar refractivity (Wildman–Crippen MR) is 61.9 cm³/mol. The van der Waals surface area contributed by atoms with Gasteiger partial charge in [-0.15, -0.1) is 0 Å². The third kappa shape index (κ3) is 3.21. The lowest BCUT2D eigenvalue weighted by atomic mass is 10.2. The lowest BCUT2D eigenvalue weighted by molar-refractivity contribution is -0.122. The fourth-order valence-corrected chi connectivity index (χ4v) is 1.18. The quantitative estimate of drug-likeness (QED) is 0.729. The smallest absolute Gasteiger partial charge is 0.257 e. The topological polar surface area (TPSA) is 64.3 Å². The van der Waals surface area contributed by atoms with Gasteiger partial charge in [-0.05, 0) is 12.1 Å². The van der Waals surface area contributed by atoms with Crippen LogP contribution in [0.25, 0.3) is 0 Å². The first-order valence-corrected chi connectivity index (χ1v) is 4.78. The summed E-state index contributed by atoms with van der Waals surface area (Å²) in [6.07, 6.45) is 0. The second kappa shape index (κ2) is 5.31. The Balaban J connectivity index is 2.76. The summed E-state index contributed by atoms with van der Waals surface area (Å²) < 4.78 is 5.27. The zero-order chi connectivity index (χ0) is 11.3. The van der Waals surface area contributed by atoms with Gasteiger partial charge in [0, 0.05) is 7.05 Å². The molecule has 0 aromatic heterocycles. The summed E-state index contributed by atoms with van der Waals surface area (Å²) in [5, 5.41) is 2.46. The molecule has 3 N–H and O–H groups in total. The van der Waals surface area contributed by atoms with Crippen LogP contribution in [-0.2, 0) is 4.79 Å². The maximum atomic E-state index is 11.0. The molecule has 0 saturated carbocycles. The fourth-order valence-electron chi connectivity index (χ4n) is 1.01. The first kappa shape index (κ1) is 11.5. The number of hydrogen-bond donors (Lipinski definition) is 2. The van der Waals surface area contributed by atoms with Crippen molar-refractivity contribution in [2.75, 3.05) is 13.7 Å². The maximum Gasteiger partial charge on any atom is 0.257 e. The molecule has 0 aliphatic heterocycles. The van der Waals surface area contributed by atoms with Crippen LogP contribution < -0.4 is 15.8 Å². The minimum atomic E-state index is -0.201. The second-order valence-electron chi connectivity index (χ2n) is 2.82. The van der Waals surface area contributed by atoms with Gasteiger partial charge in [0.05, 0.1) is 5.56 Å². The van der Waals surface area contributed by atoms with Gasteiger partial charge in [0.2, 0.25) is 0 Å². The highest BCUT2D eigenvalue weighted by Gasteiger charge is 2.06. The van der Waals surface area contributed by atoms with Gasteiger partial charge in [0.1, 0.15) is 10.7 Å². The summed E-state index contributed by atoms with van der Waals surface area (Å²) in [6.45, 7) is -0.0455. The zero-order valence-electron chi connectivity index (χ0n) is 8.32. The zero-order valence-corrected chi connectivity index (χ0v) is 9.14. The van der Waals surface area contributed by atoms with Crippen molar-refractivity contribution < 1.29 is 9.53 Å². The number of rotatable bonds is 4. The number of benzene rings is 1. The number of nitrogens with one attached hydrogen (secondary N) is 1. The number of hydrogen-bond acceptors (Lipinski definition) is 3. The highest BCUT2D eigenvalue weighted by molar-refractivity contribution is 7.80. The van der Waals surface area contributed by atoms with Crippen LogP contribution in [0.4, 0.5) is 0 Å². The van der Waals surface area contributed by atoms with Crippen LogP contribution in [0, 0.1) is 0 Å². The monoisotopic (exact) mass is 224 g/mol. The largest absolute Gasteiger partial charge is 0.483 e. The number of nitrogens with two attached hydrogens (primary N) is 1. The van der Waals surface area contributed by atoms with E-state index in [0.717, 1.165) is 0 Å². The number of carbonyl (C=O) groups excluding carboxylic acids is 1. The third-order valence-electron chi connectivity index (χ3n) is 1.79. The van der Waals surface area contributed by atoms with Gasteiger partial charge in [-0.3, -0.25) is 4.79 Å². The van der Waals surface area contributed by atoms with Crippen LogP contribution in [0.1, 0.15) is 5.56 Å². The molecule has 0 aliphatic rings. The minimum absolute atomic E-state index is 0.0455. The van der Waals surface area contributed by atoms with Gasteiger partial charge in [0.25, 0.3) is 5.91 Å². The van der Waals surface area contributed by atoms with Gasteiger partial charge in [-0.2, -0.15) is 0 Å². The lowest BCUT2D eigenvalue weighted by Gasteiger charge is -2.09. The molecule has 0 fully saturated rings. The van der Waals surface area contributed by atoms with Crippen LogP contribution in [0.3, 0.4) is 0 Å². The summed E-state index contributed by atoms with van der Waals surface area (Å²) in [7, 11) is 1.55. The highest BCUT2D eigenvalue weighted by atomic mass is 32.1. The Bertz CT molecular complexity index is 379. The van der Waals surface area contributed by atoms with E-state index in [0.29, 0.717) is 11.3 Å². The summed E-state index contributed by atoms with van der Waals surface area (Å²) >= 11 is 4.86. The van der Waals surface area contributed by atoms with Crippen LogP contribution >= 0.6 is 12.2 Å². The van der Waals surface area contributed by atoms with Crippen LogP contribution in [-0.4, -0.2) is 24.6 Å². The normalized spacial score (nSPS) is 9.40. The third-order valence-corrected chi connectivity index (χ3v) is 2.01. The number of amides is 1. The molecule has 0 aliphatic carbocycles. The Morgan fingerprint density at radius 2 is 2.20 bits per heavy atom. The Morgan fingerprint density at radius 3 is 2.80 bits per heavy atom. The van der Waals surface area contributed by atoms with Gasteiger partial charge in [-0.1, -0.05) is 24.4 Å².